The molecule has 110 valence electrons. The van der Waals surface area contributed by atoms with Crippen LogP contribution in [0, 0.1) is 5.82 Å². The van der Waals surface area contributed by atoms with Crippen LogP contribution < -0.4 is 11.1 Å². The minimum atomic E-state index is -0.388. The zero-order chi connectivity index (χ0) is 15.2. The maximum Gasteiger partial charge on any atom is 0.224 e. The molecule has 0 unspecified atom stereocenters. The van der Waals surface area contributed by atoms with Crippen LogP contribution in [0.15, 0.2) is 42.5 Å². The number of nitrogens with one attached hydrogen (secondary N) is 1. The zero-order valence-corrected chi connectivity index (χ0v) is 11.5. The number of benzene rings is 2. The van der Waals surface area contributed by atoms with Crippen LogP contribution >= 0.6 is 0 Å². The van der Waals surface area contributed by atoms with Gasteiger partial charge in [-0.1, -0.05) is 30.3 Å². The Hall–Kier alpha value is -2.40. The number of hydrogen-bond donors (Lipinski definition) is 3. The summed E-state index contributed by atoms with van der Waals surface area (Å²) in [5.74, 6) is -0.592. The number of amides is 1. The van der Waals surface area contributed by atoms with E-state index in [1.807, 2.05) is 0 Å². The van der Waals surface area contributed by atoms with Gasteiger partial charge in [0.05, 0.1) is 6.42 Å². The highest BCUT2D eigenvalue weighted by molar-refractivity contribution is 5.79. The number of halogens is 1. The van der Waals surface area contributed by atoms with Crippen molar-refractivity contribution in [2.24, 2.45) is 5.73 Å². The molecule has 2 aromatic rings. The molecular weight excluding hydrogens is 271 g/mol. The van der Waals surface area contributed by atoms with E-state index in [1.165, 1.54) is 12.1 Å². The highest BCUT2D eigenvalue weighted by atomic mass is 19.1. The average Bonchev–Trinajstić information content (AvgIpc) is 2.48. The van der Waals surface area contributed by atoms with Crippen LogP contribution in [-0.2, 0) is 24.3 Å². The molecule has 0 saturated carbocycles. The van der Waals surface area contributed by atoms with Gasteiger partial charge in [-0.25, -0.2) is 4.39 Å². The van der Waals surface area contributed by atoms with E-state index in [-0.39, 0.29) is 37.0 Å². The van der Waals surface area contributed by atoms with Gasteiger partial charge in [-0.05, 0) is 17.7 Å². The predicted octanol–water partition coefficient (Wildman–Crippen LogP) is 1.85. The number of carbonyl (C=O) groups is 1. The average molecular weight is 288 g/mol. The van der Waals surface area contributed by atoms with E-state index in [1.54, 1.807) is 30.3 Å². The second-order valence-corrected chi connectivity index (χ2v) is 4.71. The Morgan fingerprint density at radius 3 is 2.62 bits per heavy atom. The van der Waals surface area contributed by atoms with Gasteiger partial charge in [0, 0.05) is 24.2 Å². The standard InChI is InChI=1S/C16H17FN2O2/c17-14-7-11(9-18)5-6-13(14)10-19-16(21)8-12-3-1-2-4-15(12)20/h1-7,20H,8-10,18H2,(H,19,21). The van der Waals surface area contributed by atoms with Crippen LogP contribution in [0.3, 0.4) is 0 Å². The van der Waals surface area contributed by atoms with Crippen LogP contribution in [-0.4, -0.2) is 11.0 Å². The summed E-state index contributed by atoms with van der Waals surface area (Å²) in [7, 11) is 0. The molecule has 0 aliphatic heterocycles. The normalized spacial score (nSPS) is 10.4. The maximum atomic E-state index is 13.7. The van der Waals surface area contributed by atoms with E-state index in [4.69, 9.17) is 5.73 Å². The first-order chi connectivity index (χ1) is 10.1. The molecular formula is C16H17FN2O2. The molecule has 4 N–H and O–H groups in total. The largest absolute Gasteiger partial charge is 0.508 e. The van der Waals surface area contributed by atoms with Crippen LogP contribution in [0.25, 0.3) is 0 Å². The van der Waals surface area contributed by atoms with E-state index in [0.717, 1.165) is 0 Å². The Morgan fingerprint density at radius 1 is 1.19 bits per heavy atom. The van der Waals surface area contributed by atoms with E-state index in [0.29, 0.717) is 16.7 Å². The molecule has 0 saturated heterocycles. The van der Waals surface area contributed by atoms with Gasteiger partial charge in [0.15, 0.2) is 0 Å². The minimum absolute atomic E-state index is 0.0508. The van der Waals surface area contributed by atoms with Crippen molar-refractivity contribution >= 4 is 5.91 Å². The molecule has 21 heavy (non-hydrogen) atoms. The van der Waals surface area contributed by atoms with E-state index < -0.39 is 0 Å². The molecule has 2 aromatic carbocycles. The molecule has 0 atom stereocenters. The summed E-state index contributed by atoms with van der Waals surface area (Å²) in [4.78, 5) is 11.8. The van der Waals surface area contributed by atoms with Crippen molar-refractivity contribution in [2.75, 3.05) is 0 Å². The molecule has 0 aliphatic carbocycles. The fraction of sp³-hybridized carbons (Fsp3) is 0.188. The van der Waals surface area contributed by atoms with Crippen LogP contribution in [0.4, 0.5) is 4.39 Å². The molecule has 0 bridgehead atoms. The van der Waals surface area contributed by atoms with Crippen molar-refractivity contribution in [3.8, 4) is 5.75 Å². The number of nitrogens with two attached hydrogens (primary N) is 1. The van der Waals surface area contributed by atoms with E-state index in [2.05, 4.69) is 5.32 Å². The summed E-state index contributed by atoms with van der Waals surface area (Å²) >= 11 is 0. The van der Waals surface area contributed by atoms with Gasteiger partial charge >= 0.3 is 0 Å². The number of phenols is 1. The molecule has 1 amide bonds. The summed E-state index contributed by atoms with van der Waals surface area (Å²) in [5, 5.41) is 12.2. The van der Waals surface area contributed by atoms with Crippen LogP contribution in [0.5, 0.6) is 5.75 Å². The number of carbonyl (C=O) groups excluding carboxylic acids is 1. The SMILES string of the molecule is NCc1ccc(CNC(=O)Cc2ccccc2O)c(F)c1. The maximum absolute atomic E-state index is 13.7. The molecule has 0 spiro atoms. The van der Waals surface area contributed by atoms with Crippen molar-refractivity contribution in [1.82, 2.24) is 5.32 Å². The Morgan fingerprint density at radius 2 is 1.95 bits per heavy atom. The first-order valence-electron chi connectivity index (χ1n) is 6.61. The molecule has 0 fully saturated rings. The van der Waals surface area contributed by atoms with Gasteiger partial charge in [0.25, 0.3) is 0 Å². The predicted molar refractivity (Wildman–Crippen MR) is 77.9 cm³/mol. The minimum Gasteiger partial charge on any atom is -0.508 e. The summed E-state index contributed by atoms with van der Waals surface area (Å²) in [6, 6.07) is 11.3. The third-order valence-corrected chi connectivity index (χ3v) is 3.17. The summed E-state index contributed by atoms with van der Waals surface area (Å²) in [5.41, 5.74) is 7.07. The monoisotopic (exact) mass is 288 g/mol. The second-order valence-electron chi connectivity index (χ2n) is 4.71. The summed E-state index contributed by atoms with van der Waals surface area (Å²) < 4.78 is 13.7. The molecule has 0 aliphatic rings. The lowest BCUT2D eigenvalue weighted by molar-refractivity contribution is -0.120. The van der Waals surface area contributed by atoms with Gasteiger partial charge in [0.1, 0.15) is 11.6 Å². The van der Waals surface area contributed by atoms with Crippen molar-refractivity contribution in [1.29, 1.82) is 0 Å². The van der Waals surface area contributed by atoms with Gasteiger partial charge in [-0.2, -0.15) is 0 Å². The number of phenolic OH excluding ortho intramolecular Hbond substituents is 1. The van der Waals surface area contributed by atoms with Gasteiger partial charge in [0.2, 0.25) is 5.91 Å². The molecule has 0 radical (unpaired) electrons. The summed E-state index contributed by atoms with van der Waals surface area (Å²) in [6.45, 7) is 0.375. The molecule has 5 heteroatoms. The van der Waals surface area contributed by atoms with E-state index in [9.17, 15) is 14.3 Å². The van der Waals surface area contributed by atoms with E-state index >= 15 is 0 Å². The van der Waals surface area contributed by atoms with Crippen molar-refractivity contribution < 1.29 is 14.3 Å². The lowest BCUT2D eigenvalue weighted by atomic mass is 10.1. The highest BCUT2D eigenvalue weighted by Crippen LogP contribution is 2.16. The van der Waals surface area contributed by atoms with Crippen LogP contribution in [0.1, 0.15) is 16.7 Å². The first-order valence-corrected chi connectivity index (χ1v) is 6.61. The van der Waals surface area contributed by atoms with Crippen molar-refractivity contribution in [3.05, 3.63) is 65.0 Å². The first kappa shape index (κ1) is 15.0. The number of para-hydroxylation sites is 1. The lowest BCUT2D eigenvalue weighted by Crippen LogP contribution is -2.25. The second kappa shape index (κ2) is 6.85. The topological polar surface area (TPSA) is 75.3 Å². The van der Waals surface area contributed by atoms with Gasteiger partial charge < -0.3 is 16.2 Å². The van der Waals surface area contributed by atoms with Gasteiger partial charge in [-0.3, -0.25) is 4.79 Å². The Labute approximate surface area is 122 Å². The quantitative estimate of drug-likeness (QED) is 0.786. The van der Waals surface area contributed by atoms with Gasteiger partial charge in [-0.15, -0.1) is 0 Å². The fourth-order valence-corrected chi connectivity index (χ4v) is 1.95. The van der Waals surface area contributed by atoms with Crippen molar-refractivity contribution in [3.63, 3.8) is 0 Å². The zero-order valence-electron chi connectivity index (χ0n) is 11.5. The smallest absolute Gasteiger partial charge is 0.224 e. The Bertz CT molecular complexity index is 644. The highest BCUT2D eigenvalue weighted by Gasteiger charge is 2.08. The summed E-state index contributed by atoms with van der Waals surface area (Å²) in [6.07, 6.45) is 0.0508. The molecule has 0 heterocycles. The number of rotatable bonds is 5. The number of hydrogen-bond acceptors (Lipinski definition) is 3. The van der Waals surface area contributed by atoms with Crippen LogP contribution in [0.2, 0.25) is 0 Å². The third-order valence-electron chi connectivity index (χ3n) is 3.17. The lowest BCUT2D eigenvalue weighted by Gasteiger charge is -2.08. The number of aromatic hydroxyl groups is 1. The fourth-order valence-electron chi connectivity index (χ4n) is 1.95. The van der Waals surface area contributed by atoms with Crippen molar-refractivity contribution in [2.45, 2.75) is 19.5 Å². The molecule has 4 nitrogen and oxygen atoms in total. The molecule has 0 aromatic heterocycles. The Balaban J connectivity index is 1.94. The third kappa shape index (κ3) is 4.03. The molecule has 2 rings (SSSR count). The Kier molecular flexibility index (Phi) is 4.90.